The summed E-state index contributed by atoms with van der Waals surface area (Å²) in [4.78, 5) is 27.0. The largest absolute Gasteiger partial charge is 0.417 e. The van der Waals surface area contributed by atoms with Crippen LogP contribution in [0, 0.1) is 5.92 Å². The smallest absolute Gasteiger partial charge is 0.342 e. The van der Waals surface area contributed by atoms with Crippen LogP contribution in [0.4, 0.5) is 13.2 Å². The minimum atomic E-state index is -4.64. The molecule has 164 valence electrons. The van der Waals surface area contributed by atoms with Crippen LogP contribution < -0.4 is 5.56 Å². The van der Waals surface area contributed by atoms with Crippen molar-refractivity contribution in [3.8, 4) is 0 Å². The second-order valence-corrected chi connectivity index (χ2v) is 8.67. The second kappa shape index (κ2) is 8.07. The normalized spacial score (nSPS) is 20.9. The molecule has 0 radical (unpaired) electrons. The summed E-state index contributed by atoms with van der Waals surface area (Å²) in [6.07, 6.45) is 2.65. The standard InChI is InChI=1S/C21H27F3N4O2/c1-14-5-4-9-26(12-14)18(29)8-10-27-19(30)11-17(21(22,23)24)16-13-28(25-20(16)27)15-6-2-3-7-15/h11,13-15H,2-10,12H2,1H3/t14-/m1/s1. The molecule has 2 aromatic rings. The Balaban J connectivity index is 1.66. The van der Waals surface area contributed by atoms with Gasteiger partial charge in [-0.15, -0.1) is 0 Å². The number of likely N-dealkylation sites (tertiary alicyclic amines) is 1. The van der Waals surface area contributed by atoms with Crippen molar-refractivity contribution in [3.05, 3.63) is 28.2 Å². The molecule has 1 aliphatic heterocycles. The summed E-state index contributed by atoms with van der Waals surface area (Å²) in [5.74, 6) is 0.363. The van der Waals surface area contributed by atoms with Crippen LogP contribution in [0.5, 0.6) is 0 Å². The molecule has 1 aliphatic carbocycles. The SMILES string of the molecule is C[C@@H]1CCCN(C(=O)CCn2c(=O)cc(C(F)(F)F)c3cn(C4CCCC4)nc32)C1. The number of hydrogen-bond donors (Lipinski definition) is 0. The van der Waals surface area contributed by atoms with Crippen LogP contribution >= 0.6 is 0 Å². The van der Waals surface area contributed by atoms with Crippen molar-refractivity contribution in [1.29, 1.82) is 0 Å². The molecule has 1 atom stereocenters. The van der Waals surface area contributed by atoms with Crippen LogP contribution in [0.15, 0.2) is 17.1 Å². The highest BCUT2D eigenvalue weighted by Gasteiger charge is 2.35. The number of pyridine rings is 1. The molecule has 3 heterocycles. The van der Waals surface area contributed by atoms with Crippen molar-refractivity contribution in [3.63, 3.8) is 0 Å². The number of aryl methyl sites for hydroxylation is 1. The van der Waals surface area contributed by atoms with Gasteiger partial charge in [-0.25, -0.2) is 0 Å². The molecule has 2 aliphatic rings. The van der Waals surface area contributed by atoms with Gasteiger partial charge in [-0.1, -0.05) is 19.8 Å². The Bertz CT molecular complexity index is 989. The van der Waals surface area contributed by atoms with Crippen LogP contribution in [0.3, 0.4) is 0 Å². The molecule has 4 rings (SSSR count). The van der Waals surface area contributed by atoms with E-state index in [1.807, 2.05) is 0 Å². The van der Waals surface area contributed by atoms with Gasteiger partial charge in [0.1, 0.15) is 0 Å². The van der Waals surface area contributed by atoms with E-state index in [-0.39, 0.29) is 35.9 Å². The Hall–Kier alpha value is -2.32. The third-order valence-corrected chi connectivity index (χ3v) is 6.36. The summed E-state index contributed by atoms with van der Waals surface area (Å²) in [7, 11) is 0. The fraction of sp³-hybridized carbons (Fsp3) is 0.667. The summed E-state index contributed by atoms with van der Waals surface area (Å²) >= 11 is 0. The highest BCUT2D eigenvalue weighted by atomic mass is 19.4. The minimum absolute atomic E-state index is 0.0153. The van der Waals surface area contributed by atoms with Gasteiger partial charge < -0.3 is 4.90 Å². The summed E-state index contributed by atoms with van der Waals surface area (Å²) in [6.45, 7) is 3.50. The van der Waals surface area contributed by atoms with Crippen molar-refractivity contribution in [2.24, 2.45) is 5.92 Å². The lowest BCUT2D eigenvalue weighted by Gasteiger charge is -2.31. The van der Waals surface area contributed by atoms with Crippen LogP contribution in [0.2, 0.25) is 0 Å². The molecule has 0 N–H and O–H groups in total. The van der Waals surface area contributed by atoms with E-state index < -0.39 is 17.3 Å². The van der Waals surface area contributed by atoms with E-state index in [4.69, 9.17) is 0 Å². The molecule has 1 saturated carbocycles. The summed E-state index contributed by atoms with van der Waals surface area (Å²) in [5, 5.41) is 4.31. The maximum Gasteiger partial charge on any atom is 0.417 e. The Morgan fingerprint density at radius 1 is 1.20 bits per heavy atom. The highest BCUT2D eigenvalue weighted by molar-refractivity contribution is 5.80. The number of piperidine rings is 1. The van der Waals surface area contributed by atoms with E-state index in [2.05, 4.69) is 12.0 Å². The van der Waals surface area contributed by atoms with Gasteiger partial charge in [0.2, 0.25) is 5.91 Å². The number of halogens is 3. The fourth-order valence-corrected chi connectivity index (χ4v) is 4.74. The quantitative estimate of drug-likeness (QED) is 0.746. The third kappa shape index (κ3) is 4.11. The zero-order valence-electron chi connectivity index (χ0n) is 17.1. The zero-order valence-corrected chi connectivity index (χ0v) is 17.1. The van der Waals surface area contributed by atoms with Crippen molar-refractivity contribution in [2.45, 2.75) is 70.6 Å². The highest BCUT2D eigenvalue weighted by Crippen LogP contribution is 2.36. The molecule has 1 saturated heterocycles. The summed E-state index contributed by atoms with van der Waals surface area (Å²) < 4.78 is 43.5. The molecule has 0 unspecified atom stereocenters. The first kappa shape index (κ1) is 20.9. The molecule has 0 spiro atoms. The first-order valence-electron chi connectivity index (χ1n) is 10.7. The van der Waals surface area contributed by atoms with Gasteiger partial charge in [-0.2, -0.15) is 18.3 Å². The lowest BCUT2D eigenvalue weighted by atomic mass is 10.00. The molecule has 0 aromatic carbocycles. The van der Waals surface area contributed by atoms with Gasteiger partial charge in [0.05, 0.1) is 11.6 Å². The zero-order chi connectivity index (χ0) is 21.5. The lowest BCUT2D eigenvalue weighted by Crippen LogP contribution is -2.39. The van der Waals surface area contributed by atoms with Crippen LogP contribution in [-0.4, -0.2) is 38.2 Å². The van der Waals surface area contributed by atoms with Crippen molar-refractivity contribution in [1.82, 2.24) is 19.2 Å². The molecule has 0 bridgehead atoms. The Labute approximate surface area is 172 Å². The molecule has 6 nitrogen and oxygen atoms in total. The number of fused-ring (bicyclic) bond motifs is 1. The number of aromatic nitrogens is 3. The van der Waals surface area contributed by atoms with Gasteiger partial charge in [-0.05, 0) is 31.6 Å². The molecule has 1 amide bonds. The first-order valence-corrected chi connectivity index (χ1v) is 10.7. The van der Waals surface area contributed by atoms with Gasteiger partial charge >= 0.3 is 6.18 Å². The van der Waals surface area contributed by atoms with E-state index in [0.29, 0.717) is 25.1 Å². The van der Waals surface area contributed by atoms with Crippen LogP contribution in [-0.2, 0) is 17.5 Å². The predicted octanol–water partition coefficient (Wildman–Crippen LogP) is 3.98. The van der Waals surface area contributed by atoms with Crippen LogP contribution in [0.1, 0.15) is 63.5 Å². The molecular formula is C21H27F3N4O2. The molecule has 30 heavy (non-hydrogen) atoms. The molecule has 2 aromatic heterocycles. The summed E-state index contributed by atoms with van der Waals surface area (Å²) in [6, 6.07) is 0.690. The summed E-state index contributed by atoms with van der Waals surface area (Å²) in [5.41, 5.74) is -1.72. The van der Waals surface area contributed by atoms with E-state index in [9.17, 15) is 22.8 Å². The topological polar surface area (TPSA) is 60.1 Å². The van der Waals surface area contributed by atoms with Gasteiger partial charge in [0.15, 0.2) is 5.65 Å². The molecule has 9 heteroatoms. The average Bonchev–Trinajstić information content (AvgIpc) is 3.35. The van der Waals surface area contributed by atoms with E-state index >= 15 is 0 Å². The van der Waals surface area contributed by atoms with E-state index in [1.165, 1.54) is 10.8 Å². The lowest BCUT2D eigenvalue weighted by molar-refractivity contribution is -0.136. The number of carbonyl (C=O) groups excluding carboxylic acids is 1. The number of rotatable bonds is 4. The number of alkyl halides is 3. The Morgan fingerprint density at radius 2 is 1.93 bits per heavy atom. The maximum atomic E-state index is 13.6. The van der Waals surface area contributed by atoms with E-state index in [1.54, 1.807) is 9.58 Å². The number of amides is 1. The van der Waals surface area contributed by atoms with Gasteiger partial charge in [0, 0.05) is 43.7 Å². The first-order chi connectivity index (χ1) is 14.2. The Kier molecular flexibility index (Phi) is 5.63. The van der Waals surface area contributed by atoms with Crippen LogP contribution in [0.25, 0.3) is 11.0 Å². The third-order valence-electron chi connectivity index (χ3n) is 6.36. The Morgan fingerprint density at radius 3 is 2.60 bits per heavy atom. The number of hydrogen-bond acceptors (Lipinski definition) is 3. The van der Waals surface area contributed by atoms with Gasteiger partial charge in [-0.3, -0.25) is 18.8 Å². The van der Waals surface area contributed by atoms with Gasteiger partial charge in [0.25, 0.3) is 5.56 Å². The fourth-order valence-electron chi connectivity index (χ4n) is 4.74. The maximum absolute atomic E-state index is 13.6. The monoisotopic (exact) mass is 424 g/mol. The number of nitrogens with zero attached hydrogens (tertiary/aromatic N) is 4. The van der Waals surface area contributed by atoms with Crippen molar-refractivity contribution in [2.75, 3.05) is 13.1 Å². The average molecular weight is 424 g/mol. The molecular weight excluding hydrogens is 397 g/mol. The number of carbonyl (C=O) groups is 1. The predicted molar refractivity (Wildman–Crippen MR) is 106 cm³/mol. The molecule has 2 fully saturated rings. The second-order valence-electron chi connectivity index (χ2n) is 8.67. The van der Waals surface area contributed by atoms with Crippen molar-refractivity contribution < 1.29 is 18.0 Å². The minimum Gasteiger partial charge on any atom is -0.342 e. The van der Waals surface area contributed by atoms with Crippen molar-refractivity contribution >= 4 is 16.9 Å². The van der Waals surface area contributed by atoms with E-state index in [0.717, 1.165) is 38.5 Å².